The van der Waals surface area contributed by atoms with Crippen LogP contribution in [0.15, 0.2) is 41.4 Å². The molecule has 1 aromatic carbocycles. The van der Waals surface area contributed by atoms with Gasteiger partial charge in [0.1, 0.15) is 5.75 Å². The molecule has 4 heteroatoms. The fraction of sp³-hybridized carbons (Fsp3) is 0.353. The Morgan fingerprint density at radius 1 is 1.14 bits per heavy atom. The summed E-state index contributed by atoms with van der Waals surface area (Å²) in [7, 11) is 1.67. The van der Waals surface area contributed by atoms with Crippen molar-refractivity contribution in [2.24, 2.45) is 5.73 Å². The highest BCUT2D eigenvalue weighted by atomic mass is 32.2. The van der Waals surface area contributed by atoms with Crippen LogP contribution < -0.4 is 10.5 Å². The predicted octanol–water partition coefficient (Wildman–Crippen LogP) is 3.89. The van der Waals surface area contributed by atoms with Crippen LogP contribution in [-0.4, -0.2) is 17.3 Å². The number of nitrogens with zero attached hydrogens (tertiary/aromatic N) is 1. The molecule has 2 aromatic rings. The molecule has 21 heavy (non-hydrogen) atoms. The van der Waals surface area contributed by atoms with Gasteiger partial charge in [-0.25, -0.2) is 4.98 Å². The smallest absolute Gasteiger partial charge is 0.118 e. The number of methoxy groups -OCH3 is 1. The Morgan fingerprint density at radius 2 is 1.81 bits per heavy atom. The number of hydrogen-bond donors (Lipinski definition) is 1. The third kappa shape index (κ3) is 4.22. The maximum Gasteiger partial charge on any atom is 0.118 e. The van der Waals surface area contributed by atoms with Crippen molar-refractivity contribution in [2.75, 3.05) is 7.11 Å². The standard InChI is InChI=1S/C17H22N2OS/c1-11-9-12(2)19-16(10-11)21-13(3)17(18)14-5-7-15(20-4)8-6-14/h5-10,13,17H,18H2,1-4H3. The summed E-state index contributed by atoms with van der Waals surface area (Å²) in [4.78, 5) is 4.56. The molecule has 112 valence electrons. The molecular formula is C17H22N2OS. The largest absolute Gasteiger partial charge is 0.497 e. The van der Waals surface area contributed by atoms with E-state index < -0.39 is 0 Å². The van der Waals surface area contributed by atoms with E-state index in [1.807, 2.05) is 31.2 Å². The molecule has 0 radical (unpaired) electrons. The first kappa shape index (κ1) is 15.9. The molecule has 0 aliphatic heterocycles. The van der Waals surface area contributed by atoms with Crippen LogP contribution in [0.3, 0.4) is 0 Å². The predicted molar refractivity (Wildman–Crippen MR) is 89.0 cm³/mol. The van der Waals surface area contributed by atoms with Crippen LogP contribution >= 0.6 is 11.8 Å². The van der Waals surface area contributed by atoms with Crippen LogP contribution in [0.25, 0.3) is 0 Å². The lowest BCUT2D eigenvalue weighted by molar-refractivity contribution is 0.414. The first-order valence-corrected chi connectivity index (χ1v) is 7.89. The molecule has 1 aromatic heterocycles. The van der Waals surface area contributed by atoms with Crippen LogP contribution in [0.4, 0.5) is 0 Å². The molecule has 0 aliphatic carbocycles. The summed E-state index contributed by atoms with van der Waals surface area (Å²) in [5, 5.41) is 1.27. The van der Waals surface area contributed by atoms with Crippen molar-refractivity contribution in [3.05, 3.63) is 53.2 Å². The molecule has 0 spiro atoms. The van der Waals surface area contributed by atoms with Gasteiger partial charge in [-0.3, -0.25) is 0 Å². The summed E-state index contributed by atoms with van der Waals surface area (Å²) in [5.41, 5.74) is 9.75. The van der Waals surface area contributed by atoms with Crippen molar-refractivity contribution in [1.29, 1.82) is 0 Å². The van der Waals surface area contributed by atoms with Gasteiger partial charge in [0.2, 0.25) is 0 Å². The molecule has 0 fully saturated rings. The van der Waals surface area contributed by atoms with Crippen LogP contribution in [0, 0.1) is 13.8 Å². The van der Waals surface area contributed by atoms with E-state index in [0.717, 1.165) is 22.0 Å². The van der Waals surface area contributed by atoms with Crippen LogP contribution in [0.2, 0.25) is 0 Å². The van der Waals surface area contributed by atoms with E-state index in [2.05, 4.69) is 31.0 Å². The summed E-state index contributed by atoms with van der Waals surface area (Å²) < 4.78 is 5.18. The lowest BCUT2D eigenvalue weighted by Crippen LogP contribution is -2.21. The van der Waals surface area contributed by atoms with Crippen LogP contribution in [0.1, 0.15) is 29.8 Å². The summed E-state index contributed by atoms with van der Waals surface area (Å²) in [5.74, 6) is 0.849. The molecule has 2 rings (SSSR count). The Morgan fingerprint density at radius 3 is 2.38 bits per heavy atom. The van der Waals surface area contributed by atoms with Crippen LogP contribution in [-0.2, 0) is 0 Å². The third-order valence-corrected chi connectivity index (χ3v) is 4.50. The molecule has 2 atom stereocenters. The second-order valence-electron chi connectivity index (χ2n) is 5.25. The van der Waals surface area contributed by atoms with Crippen molar-refractivity contribution in [2.45, 2.75) is 37.1 Å². The molecule has 1 heterocycles. The number of nitrogens with two attached hydrogens (primary N) is 1. The number of rotatable bonds is 5. The number of aryl methyl sites for hydroxylation is 2. The van der Waals surface area contributed by atoms with Gasteiger partial charge >= 0.3 is 0 Å². The van der Waals surface area contributed by atoms with Gasteiger partial charge in [0.25, 0.3) is 0 Å². The minimum absolute atomic E-state index is 0.0384. The summed E-state index contributed by atoms with van der Waals surface area (Å²) >= 11 is 1.72. The molecule has 0 bridgehead atoms. The van der Waals surface area contributed by atoms with Gasteiger partial charge < -0.3 is 10.5 Å². The molecular weight excluding hydrogens is 280 g/mol. The molecule has 2 N–H and O–H groups in total. The van der Waals surface area contributed by atoms with Crippen molar-refractivity contribution in [3.8, 4) is 5.75 Å². The normalized spacial score (nSPS) is 13.8. The third-order valence-electron chi connectivity index (χ3n) is 3.39. The molecule has 3 nitrogen and oxygen atoms in total. The Balaban J connectivity index is 2.09. The van der Waals surface area contributed by atoms with Crippen molar-refractivity contribution in [3.63, 3.8) is 0 Å². The summed E-state index contributed by atoms with van der Waals surface area (Å²) in [6.07, 6.45) is 0. The van der Waals surface area contributed by atoms with Gasteiger partial charge in [-0.15, -0.1) is 11.8 Å². The highest BCUT2D eigenvalue weighted by molar-refractivity contribution is 7.99. The van der Waals surface area contributed by atoms with Crippen molar-refractivity contribution in [1.82, 2.24) is 4.98 Å². The number of benzene rings is 1. The highest BCUT2D eigenvalue weighted by Gasteiger charge is 2.17. The molecule has 2 unspecified atom stereocenters. The number of hydrogen-bond acceptors (Lipinski definition) is 4. The Hall–Kier alpha value is -1.52. The quantitative estimate of drug-likeness (QED) is 0.851. The average Bonchev–Trinajstić information content (AvgIpc) is 2.45. The zero-order valence-electron chi connectivity index (χ0n) is 13.0. The van der Waals surface area contributed by atoms with E-state index in [4.69, 9.17) is 10.5 Å². The zero-order chi connectivity index (χ0) is 15.4. The summed E-state index contributed by atoms with van der Waals surface area (Å²) in [6, 6.07) is 12.1. The Bertz CT molecular complexity index is 578. The molecule has 0 saturated heterocycles. The van der Waals surface area contributed by atoms with E-state index in [1.54, 1.807) is 18.9 Å². The fourth-order valence-corrected chi connectivity index (χ4v) is 3.36. The molecule has 0 saturated carbocycles. The SMILES string of the molecule is COc1ccc(C(N)C(C)Sc2cc(C)cc(C)n2)cc1. The minimum Gasteiger partial charge on any atom is -0.497 e. The van der Waals surface area contributed by atoms with Crippen molar-refractivity contribution < 1.29 is 4.74 Å². The topological polar surface area (TPSA) is 48.1 Å². The Kier molecular flexibility index (Phi) is 5.26. The minimum atomic E-state index is -0.0384. The van der Waals surface area contributed by atoms with Gasteiger partial charge in [-0.1, -0.05) is 19.1 Å². The number of ether oxygens (including phenoxy) is 1. The van der Waals surface area contributed by atoms with E-state index in [0.29, 0.717) is 0 Å². The maximum absolute atomic E-state index is 6.36. The van der Waals surface area contributed by atoms with E-state index in [1.165, 1.54) is 5.56 Å². The van der Waals surface area contributed by atoms with Crippen LogP contribution in [0.5, 0.6) is 5.75 Å². The monoisotopic (exact) mass is 302 g/mol. The van der Waals surface area contributed by atoms with Crippen molar-refractivity contribution >= 4 is 11.8 Å². The lowest BCUT2D eigenvalue weighted by Gasteiger charge is -2.20. The number of pyridine rings is 1. The van der Waals surface area contributed by atoms with E-state index in [-0.39, 0.29) is 11.3 Å². The lowest BCUT2D eigenvalue weighted by atomic mass is 10.1. The van der Waals surface area contributed by atoms with E-state index in [9.17, 15) is 0 Å². The number of thioether (sulfide) groups is 1. The summed E-state index contributed by atoms with van der Waals surface area (Å²) in [6.45, 7) is 6.25. The van der Waals surface area contributed by atoms with Gasteiger partial charge in [0.15, 0.2) is 0 Å². The molecule has 0 amide bonds. The Labute approximate surface area is 130 Å². The maximum atomic E-state index is 6.36. The molecule has 0 aliphatic rings. The highest BCUT2D eigenvalue weighted by Crippen LogP contribution is 2.30. The van der Waals surface area contributed by atoms with Gasteiger partial charge in [-0.05, 0) is 49.2 Å². The van der Waals surface area contributed by atoms with Gasteiger partial charge in [-0.2, -0.15) is 0 Å². The first-order valence-electron chi connectivity index (χ1n) is 7.01. The fourth-order valence-electron chi connectivity index (χ4n) is 2.23. The van der Waals surface area contributed by atoms with Gasteiger partial charge in [0.05, 0.1) is 12.1 Å². The second-order valence-corrected chi connectivity index (χ2v) is 6.64. The van der Waals surface area contributed by atoms with Gasteiger partial charge in [0, 0.05) is 17.0 Å². The number of aromatic nitrogens is 1. The first-order chi connectivity index (χ1) is 9.99. The second kappa shape index (κ2) is 6.96. The van der Waals surface area contributed by atoms with E-state index >= 15 is 0 Å². The zero-order valence-corrected chi connectivity index (χ0v) is 13.8. The average molecular weight is 302 g/mol.